The Kier molecular flexibility index (Phi) is 4.29. The summed E-state index contributed by atoms with van der Waals surface area (Å²) in [6, 6.07) is 19.0. The number of Topliss-reactive ketones (excluding diaryl/α,β-unsaturated/α-hetero) is 1. The van der Waals surface area contributed by atoms with Crippen LogP contribution in [0.1, 0.15) is 56.7 Å². The first kappa shape index (κ1) is 16.5. The second kappa shape index (κ2) is 6.75. The van der Waals surface area contributed by atoms with Gasteiger partial charge in [0.2, 0.25) is 0 Å². The molecule has 1 aliphatic rings. The molecule has 0 radical (unpaired) electrons. The number of furan rings is 1. The summed E-state index contributed by atoms with van der Waals surface area (Å²) in [4.78, 5) is 25.9. The smallest absolute Gasteiger partial charge is 0.197 e. The van der Waals surface area contributed by atoms with Crippen LogP contribution in [0.15, 0.2) is 65.1 Å². The van der Waals surface area contributed by atoms with Crippen molar-refractivity contribution in [3.63, 3.8) is 0 Å². The molecule has 4 rings (SSSR count). The molecule has 0 spiro atoms. The maximum atomic E-state index is 13.2. The summed E-state index contributed by atoms with van der Waals surface area (Å²) in [5.41, 5.74) is 2.59. The minimum absolute atomic E-state index is 0.0149. The van der Waals surface area contributed by atoms with E-state index in [2.05, 4.69) is 0 Å². The molecule has 1 aromatic heterocycles. The van der Waals surface area contributed by atoms with Crippen LogP contribution < -0.4 is 0 Å². The molecule has 1 aliphatic carbocycles. The highest BCUT2D eigenvalue weighted by molar-refractivity contribution is 6.17. The molecule has 26 heavy (non-hydrogen) atoms. The van der Waals surface area contributed by atoms with Crippen LogP contribution in [0.25, 0.3) is 0 Å². The molecule has 0 saturated heterocycles. The van der Waals surface area contributed by atoms with E-state index < -0.39 is 0 Å². The molecule has 0 aliphatic heterocycles. The Morgan fingerprint density at radius 3 is 2.35 bits per heavy atom. The van der Waals surface area contributed by atoms with Crippen molar-refractivity contribution in [2.75, 3.05) is 0 Å². The number of hydrogen-bond acceptors (Lipinski definition) is 3. The minimum atomic E-state index is -0.135. The van der Waals surface area contributed by atoms with E-state index in [-0.39, 0.29) is 17.5 Å². The first-order valence-corrected chi connectivity index (χ1v) is 8.95. The van der Waals surface area contributed by atoms with Gasteiger partial charge in [0, 0.05) is 24.8 Å². The van der Waals surface area contributed by atoms with E-state index in [1.54, 1.807) is 12.1 Å². The number of benzene rings is 2. The maximum absolute atomic E-state index is 13.2. The van der Waals surface area contributed by atoms with Gasteiger partial charge in [0.05, 0.1) is 11.1 Å². The van der Waals surface area contributed by atoms with Crippen molar-refractivity contribution in [1.82, 2.24) is 0 Å². The number of hydrogen-bond donors (Lipinski definition) is 0. The highest BCUT2D eigenvalue weighted by Gasteiger charge is 2.34. The van der Waals surface area contributed by atoms with E-state index >= 15 is 0 Å². The summed E-state index contributed by atoms with van der Waals surface area (Å²) in [5.74, 6) is 1.38. The first-order valence-electron chi connectivity index (χ1n) is 8.95. The van der Waals surface area contributed by atoms with Gasteiger partial charge in [0.15, 0.2) is 11.6 Å². The molecular weight excluding hydrogens is 324 g/mol. The summed E-state index contributed by atoms with van der Waals surface area (Å²) in [7, 11) is 0. The lowest BCUT2D eigenvalue weighted by molar-refractivity contribution is 0.0938. The second-order valence-electron chi connectivity index (χ2n) is 6.99. The second-order valence-corrected chi connectivity index (χ2v) is 6.99. The van der Waals surface area contributed by atoms with Crippen LogP contribution >= 0.6 is 0 Å². The Labute approximate surface area is 152 Å². The lowest BCUT2D eigenvalue weighted by Crippen LogP contribution is -2.19. The zero-order valence-corrected chi connectivity index (χ0v) is 14.7. The van der Waals surface area contributed by atoms with Gasteiger partial charge >= 0.3 is 0 Å². The standard InChI is InChI=1S/C23H20O3/c1-15-12-18(24)21-19(13-15)26-20(14-16-8-4-2-5-9-16)22(21)23(25)17-10-6-3-7-11-17/h2-11,15H,12-14H2,1H3. The molecule has 0 saturated carbocycles. The zero-order valence-electron chi connectivity index (χ0n) is 14.7. The number of carbonyl (C=O) groups is 2. The van der Waals surface area contributed by atoms with E-state index in [9.17, 15) is 9.59 Å². The third-order valence-electron chi connectivity index (χ3n) is 4.87. The molecule has 3 heteroatoms. The Morgan fingerprint density at radius 2 is 1.65 bits per heavy atom. The largest absolute Gasteiger partial charge is 0.464 e. The van der Waals surface area contributed by atoms with E-state index in [1.807, 2.05) is 55.5 Å². The lowest BCUT2D eigenvalue weighted by atomic mass is 9.84. The Balaban J connectivity index is 1.84. The van der Waals surface area contributed by atoms with Crippen LogP contribution in [0.3, 0.4) is 0 Å². The minimum Gasteiger partial charge on any atom is -0.464 e. The van der Waals surface area contributed by atoms with Crippen molar-refractivity contribution in [1.29, 1.82) is 0 Å². The van der Waals surface area contributed by atoms with E-state index in [0.29, 0.717) is 47.5 Å². The van der Waals surface area contributed by atoms with Gasteiger partial charge < -0.3 is 4.42 Å². The summed E-state index contributed by atoms with van der Waals surface area (Å²) in [6.45, 7) is 2.04. The third kappa shape index (κ3) is 3.01. The molecule has 0 N–H and O–H groups in total. The van der Waals surface area contributed by atoms with Gasteiger partial charge in [0.25, 0.3) is 0 Å². The average molecular weight is 344 g/mol. The van der Waals surface area contributed by atoms with E-state index in [0.717, 1.165) is 5.56 Å². The summed E-state index contributed by atoms with van der Waals surface area (Å²) < 4.78 is 6.08. The summed E-state index contributed by atoms with van der Waals surface area (Å²) >= 11 is 0. The molecule has 3 aromatic rings. The van der Waals surface area contributed by atoms with Gasteiger partial charge in [-0.1, -0.05) is 67.6 Å². The molecular formula is C23H20O3. The zero-order chi connectivity index (χ0) is 18.1. The Hall–Kier alpha value is -2.94. The molecule has 0 fully saturated rings. The lowest BCUT2D eigenvalue weighted by Gasteiger charge is -2.16. The van der Waals surface area contributed by atoms with Crippen molar-refractivity contribution in [3.05, 3.63) is 94.4 Å². The van der Waals surface area contributed by atoms with E-state index in [1.165, 1.54) is 0 Å². The highest BCUT2D eigenvalue weighted by atomic mass is 16.3. The van der Waals surface area contributed by atoms with Crippen LogP contribution in [0.2, 0.25) is 0 Å². The van der Waals surface area contributed by atoms with Crippen LogP contribution in [-0.2, 0) is 12.8 Å². The van der Waals surface area contributed by atoms with Crippen LogP contribution in [-0.4, -0.2) is 11.6 Å². The fraction of sp³-hybridized carbons (Fsp3) is 0.217. The highest BCUT2D eigenvalue weighted by Crippen LogP contribution is 2.34. The van der Waals surface area contributed by atoms with Crippen LogP contribution in [0.5, 0.6) is 0 Å². The molecule has 130 valence electrons. The molecule has 3 nitrogen and oxygen atoms in total. The van der Waals surface area contributed by atoms with E-state index in [4.69, 9.17) is 4.42 Å². The van der Waals surface area contributed by atoms with Crippen molar-refractivity contribution in [2.45, 2.75) is 26.2 Å². The quantitative estimate of drug-likeness (QED) is 0.635. The average Bonchev–Trinajstić information content (AvgIpc) is 3.00. The van der Waals surface area contributed by atoms with Crippen molar-refractivity contribution < 1.29 is 14.0 Å². The normalized spacial score (nSPS) is 16.3. The summed E-state index contributed by atoms with van der Waals surface area (Å²) in [6.07, 6.45) is 1.67. The number of fused-ring (bicyclic) bond motifs is 1. The summed E-state index contributed by atoms with van der Waals surface area (Å²) in [5, 5.41) is 0. The molecule has 1 unspecified atom stereocenters. The van der Waals surface area contributed by atoms with Crippen LogP contribution in [0.4, 0.5) is 0 Å². The molecule has 2 aromatic carbocycles. The van der Waals surface area contributed by atoms with Crippen molar-refractivity contribution in [3.8, 4) is 0 Å². The van der Waals surface area contributed by atoms with Gasteiger partial charge in [-0.25, -0.2) is 0 Å². The Bertz CT molecular complexity index is 952. The Morgan fingerprint density at radius 1 is 1.00 bits per heavy atom. The fourth-order valence-electron chi connectivity index (χ4n) is 3.66. The molecule has 1 atom stereocenters. The van der Waals surface area contributed by atoms with Gasteiger partial charge in [-0.2, -0.15) is 0 Å². The topological polar surface area (TPSA) is 47.3 Å². The molecule has 0 amide bonds. The van der Waals surface area contributed by atoms with Crippen molar-refractivity contribution in [2.24, 2.45) is 5.92 Å². The van der Waals surface area contributed by atoms with Gasteiger partial charge in [0.1, 0.15) is 11.5 Å². The maximum Gasteiger partial charge on any atom is 0.197 e. The molecule has 1 heterocycles. The van der Waals surface area contributed by atoms with Crippen LogP contribution in [0, 0.1) is 5.92 Å². The van der Waals surface area contributed by atoms with Gasteiger partial charge in [-0.15, -0.1) is 0 Å². The van der Waals surface area contributed by atoms with Crippen molar-refractivity contribution >= 4 is 11.6 Å². The predicted octanol–water partition coefficient (Wildman–Crippen LogP) is 4.87. The number of rotatable bonds is 4. The monoisotopic (exact) mass is 344 g/mol. The molecule has 0 bridgehead atoms. The van der Waals surface area contributed by atoms with Gasteiger partial charge in [-0.3, -0.25) is 9.59 Å². The predicted molar refractivity (Wildman–Crippen MR) is 99.6 cm³/mol. The van der Waals surface area contributed by atoms with Gasteiger partial charge in [-0.05, 0) is 11.5 Å². The SMILES string of the molecule is CC1CC(=O)c2c(oc(Cc3ccccc3)c2C(=O)c2ccccc2)C1. The fourth-order valence-corrected chi connectivity index (χ4v) is 3.66. The number of ketones is 2. The first-order chi connectivity index (χ1) is 12.6. The third-order valence-corrected chi connectivity index (χ3v) is 4.87. The number of carbonyl (C=O) groups excluding carboxylic acids is 2.